The summed E-state index contributed by atoms with van der Waals surface area (Å²) in [6.45, 7) is 6.11. The van der Waals surface area contributed by atoms with Crippen LogP contribution in [0.2, 0.25) is 0 Å². The third-order valence-electron chi connectivity index (χ3n) is 12.7. The van der Waals surface area contributed by atoms with Gasteiger partial charge in [0.05, 0.1) is 44.8 Å². The molecule has 4 aliphatic rings. The predicted molar refractivity (Wildman–Crippen MR) is 221 cm³/mol. The van der Waals surface area contributed by atoms with Crippen molar-refractivity contribution in [2.24, 2.45) is 11.8 Å². The average Bonchev–Trinajstić information content (AvgIpc) is 4.11. The lowest BCUT2D eigenvalue weighted by molar-refractivity contribution is -0.136. The summed E-state index contributed by atoms with van der Waals surface area (Å²) in [6, 6.07) is 15.4. The number of imidazole rings is 1. The molecular weight excluding hydrogens is 751 g/mol. The first kappa shape index (κ1) is 40.2. The first-order chi connectivity index (χ1) is 28.6. The Morgan fingerprint density at radius 1 is 0.746 bits per heavy atom. The van der Waals surface area contributed by atoms with Crippen molar-refractivity contribution in [3.8, 4) is 33.6 Å². The SMILES string of the molecule is COC(=O)NC(C(=O)N1CCCC1c1[nH]c(-c2ccc(-c3ccc(-c4cnc([C@@H]5CCCN5C(=O)C(NC(=O)OC)C5CCOC5)[nH]4)cc3)cc2)c2c1CCC2)C(C)C. The Hall–Kier alpha value is -5.63. The Morgan fingerprint density at radius 3 is 2.00 bits per heavy atom. The Morgan fingerprint density at radius 2 is 1.36 bits per heavy atom. The summed E-state index contributed by atoms with van der Waals surface area (Å²) in [7, 11) is 2.61. The number of amides is 4. The number of ether oxygens (including phenoxy) is 3. The second-order valence-corrected chi connectivity index (χ2v) is 16.5. The number of aromatic amines is 2. The molecule has 4 unspecified atom stereocenters. The van der Waals surface area contributed by atoms with E-state index in [9.17, 15) is 19.2 Å². The van der Waals surface area contributed by atoms with Crippen molar-refractivity contribution >= 4 is 24.0 Å². The third kappa shape index (κ3) is 8.06. The number of nitrogens with one attached hydrogen (secondary N) is 4. The fraction of sp³-hybridized carbons (Fsp3) is 0.489. The number of rotatable bonds is 11. The zero-order valence-electron chi connectivity index (χ0n) is 34.3. The third-order valence-corrected chi connectivity index (χ3v) is 12.7. The van der Waals surface area contributed by atoms with Crippen LogP contribution < -0.4 is 10.6 Å². The van der Waals surface area contributed by atoms with E-state index in [0.717, 1.165) is 90.1 Å². The minimum atomic E-state index is -0.718. The first-order valence-corrected chi connectivity index (χ1v) is 21.0. The monoisotopic (exact) mass is 805 g/mol. The highest BCUT2D eigenvalue weighted by molar-refractivity contribution is 5.87. The van der Waals surface area contributed by atoms with Gasteiger partial charge in [-0.15, -0.1) is 0 Å². The summed E-state index contributed by atoms with van der Waals surface area (Å²) in [5.74, 6) is 0.332. The normalized spacial score (nSPS) is 21.1. The van der Waals surface area contributed by atoms with Crippen molar-refractivity contribution in [1.82, 2.24) is 35.4 Å². The number of carbonyl (C=O) groups excluding carboxylic acids is 4. The summed E-state index contributed by atoms with van der Waals surface area (Å²) in [4.78, 5) is 67.8. The van der Waals surface area contributed by atoms with Gasteiger partial charge in [0.1, 0.15) is 17.9 Å². The van der Waals surface area contributed by atoms with Gasteiger partial charge in [-0.1, -0.05) is 62.4 Å². The van der Waals surface area contributed by atoms with E-state index in [2.05, 4.69) is 69.1 Å². The fourth-order valence-electron chi connectivity index (χ4n) is 9.54. The zero-order chi connectivity index (χ0) is 41.2. The van der Waals surface area contributed by atoms with Gasteiger partial charge >= 0.3 is 12.2 Å². The highest BCUT2D eigenvalue weighted by Crippen LogP contribution is 2.43. The van der Waals surface area contributed by atoms with Crippen LogP contribution in [0.5, 0.6) is 0 Å². The number of nitrogens with zero attached hydrogens (tertiary/aromatic N) is 3. The molecule has 5 heterocycles. The number of H-pyrrole nitrogens is 2. The maximum absolute atomic E-state index is 13.9. The van der Waals surface area contributed by atoms with Gasteiger partial charge in [-0.2, -0.15) is 0 Å². The molecule has 14 nitrogen and oxygen atoms in total. The quantitative estimate of drug-likeness (QED) is 0.130. The molecule has 3 saturated heterocycles. The molecule has 3 fully saturated rings. The van der Waals surface area contributed by atoms with Crippen LogP contribution in [0.1, 0.15) is 87.1 Å². The van der Waals surface area contributed by atoms with Crippen LogP contribution in [0.4, 0.5) is 9.59 Å². The molecule has 0 spiro atoms. The fourth-order valence-corrected chi connectivity index (χ4v) is 9.54. The Bertz CT molecular complexity index is 2150. The Labute approximate surface area is 344 Å². The highest BCUT2D eigenvalue weighted by Gasteiger charge is 2.42. The van der Waals surface area contributed by atoms with E-state index in [-0.39, 0.29) is 35.7 Å². The van der Waals surface area contributed by atoms with Crippen molar-refractivity contribution in [1.29, 1.82) is 0 Å². The summed E-state index contributed by atoms with van der Waals surface area (Å²) in [6.07, 6.45) is 7.77. The summed E-state index contributed by atoms with van der Waals surface area (Å²) in [5, 5.41) is 5.53. The van der Waals surface area contributed by atoms with Crippen molar-refractivity contribution in [2.75, 3.05) is 40.5 Å². The molecule has 4 N–H and O–H groups in total. The van der Waals surface area contributed by atoms with Crippen molar-refractivity contribution < 1.29 is 33.4 Å². The van der Waals surface area contributed by atoms with Crippen LogP contribution in [0.25, 0.3) is 33.6 Å². The molecule has 8 rings (SSSR count). The maximum Gasteiger partial charge on any atom is 0.407 e. The molecule has 4 aromatic rings. The van der Waals surface area contributed by atoms with Crippen LogP contribution in [0, 0.1) is 11.8 Å². The predicted octanol–water partition coefficient (Wildman–Crippen LogP) is 6.70. The molecule has 0 radical (unpaired) electrons. The van der Waals surface area contributed by atoms with Gasteiger partial charge < -0.3 is 44.6 Å². The van der Waals surface area contributed by atoms with E-state index < -0.39 is 24.3 Å². The second-order valence-electron chi connectivity index (χ2n) is 16.5. The summed E-state index contributed by atoms with van der Waals surface area (Å²) >= 11 is 0. The van der Waals surface area contributed by atoms with Gasteiger partial charge in [0, 0.05) is 37.0 Å². The van der Waals surface area contributed by atoms with Crippen LogP contribution >= 0.6 is 0 Å². The van der Waals surface area contributed by atoms with Crippen molar-refractivity contribution in [3.05, 3.63) is 77.4 Å². The second kappa shape index (κ2) is 17.3. The minimum absolute atomic E-state index is 0.0630. The van der Waals surface area contributed by atoms with Gasteiger partial charge in [-0.25, -0.2) is 14.6 Å². The minimum Gasteiger partial charge on any atom is -0.453 e. The van der Waals surface area contributed by atoms with Crippen molar-refractivity contribution in [2.45, 2.75) is 89.4 Å². The molecule has 312 valence electrons. The molecule has 59 heavy (non-hydrogen) atoms. The molecule has 3 aliphatic heterocycles. The van der Waals surface area contributed by atoms with Gasteiger partial charge in [0.2, 0.25) is 11.8 Å². The number of benzene rings is 2. The molecule has 4 amide bonds. The highest BCUT2D eigenvalue weighted by atomic mass is 16.5. The van der Waals surface area contributed by atoms with Crippen LogP contribution in [0.15, 0.2) is 54.7 Å². The lowest BCUT2D eigenvalue weighted by Gasteiger charge is -2.31. The standard InChI is InChI=1S/C45H55N7O7/c1-26(2)37(49-44(55)57-3)42(53)51-21-6-10-35(51)40-33-9-5-8-32(33)38(48-40)30-18-14-28(15-19-30)27-12-16-29(17-13-27)34-24-46-41(47-34)36-11-7-22-52(36)43(54)39(50-45(56)58-4)31-20-23-59-25-31/h12-19,24,26,31,35-37,39,48H,5-11,20-23,25H2,1-4H3,(H,46,47)(H,49,55)(H,50,56)/t31?,35?,36-,37?,39?/m0/s1. The zero-order valence-corrected chi connectivity index (χ0v) is 34.3. The topological polar surface area (TPSA) is 171 Å². The number of carbonyl (C=O) groups is 4. The molecule has 0 saturated carbocycles. The molecule has 5 atom stereocenters. The summed E-state index contributed by atoms with van der Waals surface area (Å²) in [5.41, 5.74) is 10.1. The van der Waals surface area contributed by atoms with Crippen LogP contribution in [-0.2, 0) is 36.6 Å². The smallest absolute Gasteiger partial charge is 0.407 e. The molecule has 0 bridgehead atoms. The molecule has 14 heteroatoms. The molecule has 2 aromatic heterocycles. The van der Waals surface area contributed by atoms with Crippen LogP contribution in [-0.4, -0.2) is 101 Å². The van der Waals surface area contributed by atoms with Gasteiger partial charge in [-0.3, -0.25) is 9.59 Å². The van der Waals surface area contributed by atoms with E-state index in [4.69, 9.17) is 19.2 Å². The molecule has 2 aromatic carbocycles. The number of alkyl carbamates (subject to hydrolysis) is 2. The average molecular weight is 806 g/mol. The van der Waals surface area contributed by atoms with E-state index in [0.29, 0.717) is 32.7 Å². The number of fused-ring (bicyclic) bond motifs is 1. The van der Waals surface area contributed by atoms with E-state index in [1.165, 1.54) is 25.3 Å². The number of hydrogen-bond donors (Lipinski definition) is 4. The molecular formula is C45H55N7O7. The van der Waals surface area contributed by atoms with Crippen molar-refractivity contribution in [3.63, 3.8) is 0 Å². The Kier molecular flexibility index (Phi) is 11.8. The van der Waals surface area contributed by atoms with Gasteiger partial charge in [0.15, 0.2) is 0 Å². The maximum atomic E-state index is 13.9. The largest absolute Gasteiger partial charge is 0.453 e. The van der Waals surface area contributed by atoms with E-state index >= 15 is 0 Å². The molecule has 1 aliphatic carbocycles. The number of likely N-dealkylation sites (tertiary alicyclic amines) is 2. The van der Waals surface area contributed by atoms with E-state index in [1.807, 2.05) is 29.8 Å². The Balaban J connectivity index is 0.959. The first-order valence-electron chi connectivity index (χ1n) is 21.0. The summed E-state index contributed by atoms with van der Waals surface area (Å²) < 4.78 is 15.2. The number of hydrogen-bond acceptors (Lipinski definition) is 8. The lowest BCUT2D eigenvalue weighted by atomic mass is 9.97. The van der Waals surface area contributed by atoms with Gasteiger partial charge in [-0.05, 0) is 90.7 Å². The number of aromatic nitrogens is 3. The van der Waals surface area contributed by atoms with E-state index in [1.54, 1.807) is 0 Å². The lowest BCUT2D eigenvalue weighted by Crippen LogP contribution is -2.52. The number of methoxy groups -OCH3 is 2. The van der Waals surface area contributed by atoms with Crippen LogP contribution in [0.3, 0.4) is 0 Å². The van der Waals surface area contributed by atoms with Gasteiger partial charge in [0.25, 0.3) is 0 Å².